The zero-order chi connectivity index (χ0) is 21.6. The van der Waals surface area contributed by atoms with E-state index in [1.807, 2.05) is 0 Å². The molecule has 0 amide bonds. The quantitative estimate of drug-likeness (QED) is 0.305. The van der Waals surface area contributed by atoms with Crippen LogP contribution >= 0.6 is 7.26 Å². The summed E-state index contributed by atoms with van der Waals surface area (Å²) in [5.41, 5.74) is 3.99. The predicted molar refractivity (Wildman–Crippen MR) is 141 cm³/mol. The minimum Gasteiger partial charge on any atom is -1.00 e. The van der Waals surface area contributed by atoms with E-state index >= 15 is 0 Å². The van der Waals surface area contributed by atoms with Gasteiger partial charge < -0.3 is 17.0 Å². The molecule has 0 atom stereocenters. The zero-order valence-electron chi connectivity index (χ0n) is 18.4. The van der Waals surface area contributed by atoms with Crippen LogP contribution in [0.2, 0.25) is 0 Å². The average molecular weight is 509 g/mol. The summed E-state index contributed by atoms with van der Waals surface area (Å²) in [6, 6.07) is 53.0. The maximum Gasteiger partial charge on any atom is 0.116 e. The van der Waals surface area contributed by atoms with E-state index in [0.717, 1.165) is 6.16 Å². The van der Waals surface area contributed by atoms with Gasteiger partial charge in [0.2, 0.25) is 0 Å². The lowest BCUT2D eigenvalue weighted by Gasteiger charge is -2.28. The molecule has 2 heteroatoms. The minimum atomic E-state index is -1.92. The number of rotatable bonds is 6. The Hall–Kier alpha value is -2.99. The predicted octanol–water partition coefficient (Wildman–Crippen LogP) is 3.85. The van der Waals surface area contributed by atoms with Gasteiger partial charge in [-0.1, -0.05) is 109 Å². The molecule has 5 aromatic carbocycles. The van der Waals surface area contributed by atoms with Crippen molar-refractivity contribution < 1.29 is 17.0 Å². The molecular weight excluding hydrogens is 483 g/mol. The molecule has 0 saturated heterocycles. The third-order valence-electron chi connectivity index (χ3n) is 6.10. The van der Waals surface area contributed by atoms with Crippen LogP contribution in [-0.4, -0.2) is 0 Å². The van der Waals surface area contributed by atoms with Crippen molar-refractivity contribution in [2.75, 3.05) is 0 Å². The third kappa shape index (κ3) is 4.71. The second-order valence-corrected chi connectivity index (χ2v) is 11.5. The fourth-order valence-electron chi connectivity index (χ4n) is 4.58. The van der Waals surface area contributed by atoms with Crippen LogP contribution in [0.15, 0.2) is 146 Å². The fourth-order valence-corrected chi connectivity index (χ4v) is 8.85. The van der Waals surface area contributed by atoms with Gasteiger partial charge in [-0.25, -0.2) is 0 Å². The van der Waals surface area contributed by atoms with Crippen molar-refractivity contribution in [3.05, 3.63) is 151 Å². The Balaban J connectivity index is 0.00000259. The first-order chi connectivity index (χ1) is 15.9. The van der Waals surface area contributed by atoms with Gasteiger partial charge >= 0.3 is 0 Å². The summed E-state index contributed by atoms with van der Waals surface area (Å²) in [4.78, 5) is 0. The number of hydrogen-bond donors (Lipinski definition) is 0. The van der Waals surface area contributed by atoms with E-state index in [-0.39, 0.29) is 17.0 Å². The maximum absolute atomic E-state index is 2.32. The Labute approximate surface area is 208 Å². The largest absolute Gasteiger partial charge is 1.00 e. The Morgan fingerprint density at radius 1 is 0.394 bits per heavy atom. The van der Waals surface area contributed by atoms with E-state index in [1.165, 1.54) is 32.6 Å². The van der Waals surface area contributed by atoms with Crippen LogP contribution in [-0.2, 0) is 6.16 Å². The van der Waals surface area contributed by atoms with E-state index < -0.39 is 7.26 Å². The van der Waals surface area contributed by atoms with Gasteiger partial charge in [-0.05, 0) is 53.1 Å². The average Bonchev–Trinajstić information content (AvgIpc) is 2.89. The van der Waals surface area contributed by atoms with Crippen molar-refractivity contribution in [1.82, 2.24) is 0 Å². The molecule has 0 radical (unpaired) electrons. The number of hydrogen-bond acceptors (Lipinski definition) is 0. The second kappa shape index (κ2) is 10.8. The molecule has 0 fully saturated rings. The highest BCUT2D eigenvalue weighted by Crippen LogP contribution is 2.58. The first-order valence-corrected chi connectivity index (χ1v) is 13.0. The van der Waals surface area contributed by atoms with Crippen LogP contribution in [0, 0.1) is 0 Å². The van der Waals surface area contributed by atoms with Crippen LogP contribution in [0.25, 0.3) is 11.1 Å². The summed E-state index contributed by atoms with van der Waals surface area (Å²) in [5, 5.41) is 4.25. The molecule has 5 aromatic rings. The zero-order valence-corrected chi connectivity index (χ0v) is 20.9. The summed E-state index contributed by atoms with van der Waals surface area (Å²) >= 11 is 0. The van der Waals surface area contributed by atoms with Crippen molar-refractivity contribution in [2.45, 2.75) is 6.16 Å². The standard InChI is InChI=1S/C31H26P.BrH/c1-5-15-26(16-6-1)31-24-14-13-17-27(31)25-32(28-18-7-2-8-19-28,29-20-9-3-10-21-29)30-22-11-4-12-23-30;/h1-24H,25H2;1H/q+1;/p-1. The lowest BCUT2D eigenvalue weighted by atomic mass is 10.0. The van der Waals surface area contributed by atoms with Gasteiger partial charge in [0, 0.05) is 0 Å². The van der Waals surface area contributed by atoms with Gasteiger partial charge in [0.25, 0.3) is 0 Å². The number of halogens is 1. The SMILES string of the molecule is [Br-].c1ccc(-c2ccccc2C[P+](c2ccccc2)(c2ccccc2)c2ccccc2)cc1. The normalized spacial score (nSPS) is 10.9. The van der Waals surface area contributed by atoms with Gasteiger partial charge in [-0.2, -0.15) is 0 Å². The van der Waals surface area contributed by atoms with Crippen LogP contribution in [0.3, 0.4) is 0 Å². The van der Waals surface area contributed by atoms with Crippen LogP contribution in [0.4, 0.5) is 0 Å². The molecule has 0 aliphatic heterocycles. The highest BCUT2D eigenvalue weighted by atomic mass is 79.9. The third-order valence-corrected chi connectivity index (χ3v) is 10.5. The Kier molecular flexibility index (Phi) is 7.55. The lowest BCUT2D eigenvalue weighted by Crippen LogP contribution is -3.00. The van der Waals surface area contributed by atoms with Crippen molar-refractivity contribution in [1.29, 1.82) is 0 Å². The second-order valence-electron chi connectivity index (χ2n) is 8.00. The summed E-state index contributed by atoms with van der Waals surface area (Å²) in [6.07, 6.45) is 0.982. The van der Waals surface area contributed by atoms with Crippen molar-refractivity contribution in [3.63, 3.8) is 0 Å². The Bertz CT molecular complexity index is 1170. The van der Waals surface area contributed by atoms with E-state index in [2.05, 4.69) is 146 Å². The van der Waals surface area contributed by atoms with Gasteiger partial charge in [0.15, 0.2) is 0 Å². The van der Waals surface area contributed by atoms with Crippen molar-refractivity contribution >= 4 is 23.2 Å². The highest BCUT2D eigenvalue weighted by Gasteiger charge is 2.45. The van der Waals surface area contributed by atoms with Gasteiger partial charge in [0.1, 0.15) is 23.2 Å². The summed E-state index contributed by atoms with van der Waals surface area (Å²) in [5.74, 6) is 0. The molecular formula is C31H26BrP. The molecule has 0 heterocycles. The van der Waals surface area contributed by atoms with Crippen LogP contribution in [0.1, 0.15) is 5.56 Å². The van der Waals surface area contributed by atoms with Crippen LogP contribution in [0.5, 0.6) is 0 Å². The molecule has 0 aromatic heterocycles. The molecule has 0 saturated carbocycles. The minimum absolute atomic E-state index is 0. The van der Waals surface area contributed by atoms with E-state index in [9.17, 15) is 0 Å². The molecule has 33 heavy (non-hydrogen) atoms. The molecule has 5 rings (SSSR count). The van der Waals surface area contributed by atoms with Crippen LogP contribution < -0.4 is 32.9 Å². The van der Waals surface area contributed by atoms with Crippen molar-refractivity contribution in [2.24, 2.45) is 0 Å². The molecule has 0 bridgehead atoms. The molecule has 162 valence electrons. The first kappa shape index (κ1) is 23.2. The van der Waals surface area contributed by atoms with E-state index in [4.69, 9.17) is 0 Å². The van der Waals surface area contributed by atoms with E-state index in [1.54, 1.807) is 0 Å². The topological polar surface area (TPSA) is 0 Å². The lowest BCUT2D eigenvalue weighted by molar-refractivity contribution is -0.00000612. The summed E-state index contributed by atoms with van der Waals surface area (Å²) in [6.45, 7) is 0. The highest BCUT2D eigenvalue weighted by molar-refractivity contribution is 7.95. The summed E-state index contributed by atoms with van der Waals surface area (Å²) in [7, 11) is -1.92. The summed E-state index contributed by atoms with van der Waals surface area (Å²) < 4.78 is 0. The van der Waals surface area contributed by atoms with Gasteiger partial charge in [-0.3, -0.25) is 0 Å². The Morgan fingerprint density at radius 2 is 0.758 bits per heavy atom. The Morgan fingerprint density at radius 3 is 1.21 bits per heavy atom. The molecule has 0 aliphatic rings. The number of benzene rings is 5. The smallest absolute Gasteiger partial charge is 0.116 e. The van der Waals surface area contributed by atoms with E-state index in [0.29, 0.717) is 0 Å². The maximum atomic E-state index is 2.32. The molecule has 0 aliphatic carbocycles. The fraction of sp³-hybridized carbons (Fsp3) is 0.0323. The van der Waals surface area contributed by atoms with Gasteiger partial charge in [-0.15, -0.1) is 0 Å². The molecule has 0 unspecified atom stereocenters. The monoisotopic (exact) mass is 508 g/mol. The van der Waals surface area contributed by atoms with Crippen molar-refractivity contribution in [3.8, 4) is 11.1 Å². The van der Waals surface area contributed by atoms with Gasteiger partial charge in [0.05, 0.1) is 6.16 Å². The molecule has 0 N–H and O–H groups in total. The molecule has 0 nitrogen and oxygen atoms in total. The first-order valence-electron chi connectivity index (χ1n) is 11.1. The molecule has 0 spiro atoms.